The van der Waals surface area contributed by atoms with Crippen LogP contribution in [-0.4, -0.2) is 23.1 Å². The van der Waals surface area contributed by atoms with Crippen LogP contribution >= 0.6 is 0 Å². The van der Waals surface area contributed by atoms with Gasteiger partial charge in [0, 0.05) is 25.2 Å². The molecule has 156 valence electrons. The lowest BCUT2D eigenvalue weighted by molar-refractivity contribution is -0.189. The van der Waals surface area contributed by atoms with Gasteiger partial charge >= 0.3 is 5.97 Å². The van der Waals surface area contributed by atoms with Crippen molar-refractivity contribution in [1.29, 1.82) is 0 Å². The Morgan fingerprint density at radius 3 is 2.32 bits per heavy atom. The van der Waals surface area contributed by atoms with Crippen LogP contribution in [0.2, 0.25) is 0 Å². The highest BCUT2D eigenvalue weighted by atomic mass is 16.6. The van der Waals surface area contributed by atoms with Crippen LogP contribution in [0.1, 0.15) is 79.6 Å². The molecule has 0 saturated heterocycles. The first-order chi connectivity index (χ1) is 13.1. The zero-order valence-electron chi connectivity index (χ0n) is 18.1. The van der Waals surface area contributed by atoms with Gasteiger partial charge in [0.15, 0.2) is 11.4 Å². The summed E-state index contributed by atoms with van der Waals surface area (Å²) in [6, 6.07) is 0. The monoisotopic (exact) mass is 388 g/mol. The van der Waals surface area contributed by atoms with E-state index in [1.165, 1.54) is 6.92 Å². The molecular formula is C24H36O4. The van der Waals surface area contributed by atoms with E-state index >= 15 is 0 Å². The zero-order chi connectivity index (χ0) is 20.4. The number of carbonyl (C=O) groups is 3. The predicted molar refractivity (Wildman–Crippen MR) is 106 cm³/mol. The second kappa shape index (κ2) is 6.67. The highest BCUT2D eigenvalue weighted by Gasteiger charge is 2.67. The molecule has 0 aromatic rings. The van der Waals surface area contributed by atoms with Crippen LogP contribution in [0.4, 0.5) is 0 Å². The van der Waals surface area contributed by atoms with Gasteiger partial charge in [0.05, 0.1) is 0 Å². The Morgan fingerprint density at radius 2 is 1.68 bits per heavy atom. The van der Waals surface area contributed by atoms with E-state index in [0.29, 0.717) is 53.6 Å². The molecule has 4 nitrogen and oxygen atoms in total. The number of rotatable bonds is 2. The largest absolute Gasteiger partial charge is 0.451 e. The summed E-state index contributed by atoms with van der Waals surface area (Å²) in [5, 5.41) is 0. The van der Waals surface area contributed by atoms with E-state index in [2.05, 4.69) is 20.8 Å². The van der Waals surface area contributed by atoms with Crippen LogP contribution in [0.3, 0.4) is 0 Å². The Morgan fingerprint density at radius 1 is 0.964 bits per heavy atom. The molecule has 0 bridgehead atoms. The molecule has 28 heavy (non-hydrogen) atoms. The van der Waals surface area contributed by atoms with Crippen molar-refractivity contribution in [3.63, 3.8) is 0 Å². The minimum atomic E-state index is -0.942. The van der Waals surface area contributed by atoms with Crippen molar-refractivity contribution in [3.8, 4) is 0 Å². The Balaban J connectivity index is 1.68. The fraction of sp³-hybridized carbons (Fsp3) is 0.875. The molecule has 4 aliphatic rings. The molecule has 0 aliphatic heterocycles. The quantitative estimate of drug-likeness (QED) is 0.649. The summed E-state index contributed by atoms with van der Waals surface area (Å²) >= 11 is 0. The second-order valence-electron chi connectivity index (χ2n) is 10.8. The van der Waals surface area contributed by atoms with Gasteiger partial charge in [-0.05, 0) is 80.5 Å². The van der Waals surface area contributed by atoms with Crippen molar-refractivity contribution in [2.75, 3.05) is 0 Å². The van der Waals surface area contributed by atoms with Crippen molar-refractivity contribution in [2.24, 2.45) is 46.8 Å². The van der Waals surface area contributed by atoms with Crippen LogP contribution in [0.15, 0.2) is 0 Å². The smallest absolute Gasteiger partial charge is 0.303 e. The topological polar surface area (TPSA) is 60.4 Å². The number of esters is 1. The first-order valence-corrected chi connectivity index (χ1v) is 11.3. The molecule has 4 saturated carbocycles. The van der Waals surface area contributed by atoms with E-state index in [4.69, 9.17) is 4.74 Å². The van der Waals surface area contributed by atoms with E-state index in [9.17, 15) is 14.4 Å². The van der Waals surface area contributed by atoms with Crippen molar-refractivity contribution < 1.29 is 19.1 Å². The van der Waals surface area contributed by atoms with Gasteiger partial charge in [-0.25, -0.2) is 0 Å². The summed E-state index contributed by atoms with van der Waals surface area (Å²) in [6.07, 6.45) is 6.35. The molecule has 0 aromatic carbocycles. The van der Waals surface area contributed by atoms with Crippen molar-refractivity contribution in [1.82, 2.24) is 0 Å². The van der Waals surface area contributed by atoms with Crippen molar-refractivity contribution >= 4 is 17.5 Å². The third-order valence-corrected chi connectivity index (χ3v) is 9.53. The Labute approximate surface area is 169 Å². The van der Waals surface area contributed by atoms with Gasteiger partial charge in [-0.2, -0.15) is 0 Å². The molecule has 9 atom stereocenters. The summed E-state index contributed by atoms with van der Waals surface area (Å²) in [4.78, 5) is 36.9. The fourth-order valence-corrected chi connectivity index (χ4v) is 8.52. The maximum absolute atomic E-state index is 12.8. The van der Waals surface area contributed by atoms with E-state index < -0.39 is 5.60 Å². The minimum absolute atomic E-state index is 0.0181. The molecule has 0 spiro atoms. The van der Waals surface area contributed by atoms with E-state index in [1.807, 2.05) is 0 Å². The third-order valence-electron chi connectivity index (χ3n) is 9.53. The molecule has 0 aromatic heterocycles. The van der Waals surface area contributed by atoms with Crippen LogP contribution in [0.5, 0.6) is 0 Å². The molecule has 0 unspecified atom stereocenters. The first kappa shape index (κ1) is 20.1. The summed E-state index contributed by atoms with van der Waals surface area (Å²) in [6.45, 7) is 9.88. The number of fused-ring (bicyclic) bond motifs is 5. The van der Waals surface area contributed by atoms with Crippen molar-refractivity contribution in [3.05, 3.63) is 0 Å². The summed E-state index contributed by atoms with van der Waals surface area (Å²) in [5.74, 6) is 4.00. The van der Waals surface area contributed by atoms with E-state index in [-0.39, 0.29) is 17.2 Å². The molecule has 4 heteroatoms. The first-order valence-electron chi connectivity index (χ1n) is 11.3. The number of Topliss-reactive ketones (excluding diaryl/α,β-unsaturated/α-hetero) is 2. The highest BCUT2D eigenvalue weighted by Crippen LogP contribution is 2.67. The van der Waals surface area contributed by atoms with Crippen LogP contribution < -0.4 is 0 Å². The van der Waals surface area contributed by atoms with Gasteiger partial charge in [-0.3, -0.25) is 14.4 Å². The molecule has 0 heterocycles. The highest BCUT2D eigenvalue weighted by molar-refractivity contribution is 5.89. The fourth-order valence-electron chi connectivity index (χ4n) is 8.52. The molecule has 4 fully saturated rings. The zero-order valence-corrected chi connectivity index (χ0v) is 18.1. The van der Waals surface area contributed by atoms with Gasteiger partial charge in [0.1, 0.15) is 5.78 Å². The summed E-state index contributed by atoms with van der Waals surface area (Å²) in [5.41, 5.74) is -1.20. The lowest BCUT2D eigenvalue weighted by Gasteiger charge is -2.59. The third kappa shape index (κ3) is 2.65. The number of carbonyl (C=O) groups excluding carboxylic acids is 3. The number of ether oxygens (including phenoxy) is 1. The molecular weight excluding hydrogens is 352 g/mol. The lowest BCUT2D eigenvalue weighted by atomic mass is 9.46. The predicted octanol–water partition coefficient (Wildman–Crippen LogP) is 4.59. The maximum atomic E-state index is 12.8. The standard InChI is InChI=1S/C24H36O4/c1-13-11-20-18(22-14(2)10-17(27)12-19(13)22)6-8-23(5)21(20)7-9-24(23,15(3)25)28-16(4)26/h13-14,18-22H,6-12H2,1-5H3/t13-,14+,18-,19-,20+,21-,22+,23-,24-/m0/s1. The minimum Gasteiger partial charge on any atom is -0.451 e. The molecule has 0 N–H and O–H groups in total. The Kier molecular flexibility index (Phi) is 4.79. The number of hydrogen-bond donors (Lipinski definition) is 0. The normalized spacial score (nSPS) is 50.3. The summed E-state index contributed by atoms with van der Waals surface area (Å²) < 4.78 is 5.85. The Bertz CT molecular complexity index is 699. The van der Waals surface area contributed by atoms with Gasteiger partial charge in [0.2, 0.25) is 0 Å². The van der Waals surface area contributed by atoms with Gasteiger partial charge in [0.25, 0.3) is 0 Å². The molecule has 4 aliphatic carbocycles. The average Bonchev–Trinajstić information content (AvgIpc) is 2.88. The van der Waals surface area contributed by atoms with E-state index in [1.54, 1.807) is 6.92 Å². The number of ketones is 2. The molecule has 0 radical (unpaired) electrons. The lowest BCUT2D eigenvalue weighted by Crippen LogP contribution is -2.59. The van der Waals surface area contributed by atoms with Gasteiger partial charge in [-0.1, -0.05) is 20.8 Å². The van der Waals surface area contributed by atoms with Crippen molar-refractivity contribution in [2.45, 2.75) is 85.2 Å². The van der Waals surface area contributed by atoms with Gasteiger partial charge < -0.3 is 4.74 Å². The maximum Gasteiger partial charge on any atom is 0.303 e. The summed E-state index contributed by atoms with van der Waals surface area (Å²) in [7, 11) is 0. The van der Waals surface area contributed by atoms with Crippen LogP contribution in [-0.2, 0) is 19.1 Å². The van der Waals surface area contributed by atoms with E-state index in [0.717, 1.165) is 38.5 Å². The number of hydrogen-bond acceptors (Lipinski definition) is 4. The molecule has 4 rings (SSSR count). The molecule has 0 amide bonds. The average molecular weight is 389 g/mol. The Hall–Kier alpha value is -1.19. The van der Waals surface area contributed by atoms with Crippen LogP contribution in [0.25, 0.3) is 0 Å². The SMILES string of the molecule is CC(=O)O[C@]1(C(C)=O)CC[C@H]2[C@@H]3C[C@H](C)[C@@H]4CC(=O)C[C@@H](C)[C@@H]4[C@H]3CC[C@@]21C. The second-order valence-corrected chi connectivity index (χ2v) is 10.8. The van der Waals surface area contributed by atoms with Crippen LogP contribution in [0, 0.1) is 46.8 Å². The van der Waals surface area contributed by atoms with Gasteiger partial charge in [-0.15, -0.1) is 0 Å².